The van der Waals surface area contributed by atoms with Crippen LogP contribution in [0.5, 0.6) is 0 Å². The Morgan fingerprint density at radius 1 is 0.246 bits per heavy atom. The van der Waals surface area contributed by atoms with Gasteiger partial charge < -0.3 is 9.13 Å². The highest BCUT2D eigenvalue weighted by atomic mass is 32.1. The number of rotatable bonds is 7. The summed E-state index contributed by atoms with van der Waals surface area (Å²) in [5.41, 5.74) is 14.1. The first kappa shape index (κ1) is 39.2. The van der Waals surface area contributed by atoms with Gasteiger partial charge in [0, 0.05) is 69.8 Å². The normalized spacial score (nSPS) is 11.8. The van der Waals surface area contributed by atoms with Crippen molar-refractivity contribution >= 4 is 75.1 Å². The molecule has 69 heavy (non-hydrogen) atoms. The van der Waals surface area contributed by atoms with E-state index in [4.69, 9.17) is 15.0 Å². The maximum atomic E-state index is 5.32. The fraction of sp³-hybridized carbons (Fsp3) is 0. The molecule has 14 aromatic rings. The van der Waals surface area contributed by atoms with E-state index in [1.165, 1.54) is 58.4 Å². The predicted octanol–water partition coefficient (Wildman–Crippen LogP) is 16.8. The molecule has 14 rings (SSSR count). The second-order valence-corrected chi connectivity index (χ2v) is 18.7. The molecular formula is C63H39N5S. The number of hydrogen-bond donors (Lipinski definition) is 0. The minimum Gasteiger partial charge on any atom is -0.309 e. The Kier molecular flexibility index (Phi) is 9.00. The van der Waals surface area contributed by atoms with Gasteiger partial charge in [-0.25, -0.2) is 15.0 Å². The van der Waals surface area contributed by atoms with Gasteiger partial charge in [0.05, 0.1) is 22.1 Å². The average molecular weight is 898 g/mol. The summed E-state index contributed by atoms with van der Waals surface area (Å²) in [6.07, 6.45) is 0. The van der Waals surface area contributed by atoms with Crippen LogP contribution in [-0.2, 0) is 0 Å². The first-order chi connectivity index (χ1) is 34.2. The molecule has 0 N–H and O–H groups in total. The molecule has 0 aliphatic heterocycles. The number of aromatic nitrogens is 5. The fourth-order valence-corrected chi connectivity index (χ4v) is 11.5. The lowest BCUT2D eigenvalue weighted by molar-refractivity contribution is 1.07. The van der Waals surface area contributed by atoms with E-state index in [-0.39, 0.29) is 0 Å². The Balaban J connectivity index is 0.925. The van der Waals surface area contributed by atoms with Crippen molar-refractivity contribution in [2.45, 2.75) is 0 Å². The quantitative estimate of drug-likeness (QED) is 0.160. The van der Waals surface area contributed by atoms with E-state index in [9.17, 15) is 0 Å². The molecule has 0 saturated heterocycles. The molecule has 4 heterocycles. The lowest BCUT2D eigenvalue weighted by Gasteiger charge is -2.12. The average Bonchev–Trinajstić information content (AvgIpc) is 4.08. The highest BCUT2D eigenvalue weighted by Crippen LogP contribution is 2.40. The second-order valence-electron chi connectivity index (χ2n) is 17.6. The van der Waals surface area contributed by atoms with Gasteiger partial charge >= 0.3 is 0 Å². The summed E-state index contributed by atoms with van der Waals surface area (Å²) in [6.45, 7) is 0. The third-order valence-corrected chi connectivity index (χ3v) is 14.7. The van der Waals surface area contributed by atoms with Gasteiger partial charge in [0.1, 0.15) is 0 Å². The zero-order valence-corrected chi connectivity index (χ0v) is 38.0. The lowest BCUT2D eigenvalue weighted by atomic mass is 10.0. The smallest absolute Gasteiger partial charge is 0.164 e. The molecule has 0 amide bonds. The zero-order chi connectivity index (χ0) is 45.4. The first-order valence-corrected chi connectivity index (χ1v) is 24.1. The van der Waals surface area contributed by atoms with Crippen molar-refractivity contribution in [1.82, 2.24) is 24.1 Å². The third-order valence-electron chi connectivity index (χ3n) is 13.6. The summed E-state index contributed by atoms with van der Waals surface area (Å²) >= 11 is 1.80. The standard InChI is InChI=1S/C63H39N5S/c1-3-15-40(16-4-1)42-31-34-57-54(37-42)50-24-8-11-27-56(50)68(57)48-22-14-19-45(36-48)62-64-61(65-63(66-62)46-30-33-53-52-25-9-12-28-59(52)69-60(53)39-46)44-18-13-17-41(35-44)43-29-32-51-49-23-7-10-26-55(49)67(58(51)38-43)47-20-5-2-6-21-47/h1-39H. The fourth-order valence-electron chi connectivity index (χ4n) is 10.3. The maximum absolute atomic E-state index is 5.32. The van der Waals surface area contributed by atoms with Gasteiger partial charge in [-0.1, -0.05) is 164 Å². The van der Waals surface area contributed by atoms with E-state index in [1.807, 2.05) is 0 Å². The van der Waals surface area contributed by atoms with Crippen molar-refractivity contribution in [3.05, 3.63) is 237 Å². The highest BCUT2D eigenvalue weighted by Gasteiger charge is 2.19. The maximum Gasteiger partial charge on any atom is 0.164 e. The van der Waals surface area contributed by atoms with Gasteiger partial charge in [-0.05, 0) is 95.1 Å². The lowest BCUT2D eigenvalue weighted by Crippen LogP contribution is -2.01. The number of para-hydroxylation sites is 3. The van der Waals surface area contributed by atoms with Gasteiger partial charge in [0.2, 0.25) is 0 Å². The van der Waals surface area contributed by atoms with Crippen LogP contribution in [0.4, 0.5) is 0 Å². The van der Waals surface area contributed by atoms with Crippen molar-refractivity contribution in [3.8, 4) is 67.8 Å². The summed E-state index contributed by atoms with van der Waals surface area (Å²) in [4.78, 5) is 15.9. The topological polar surface area (TPSA) is 48.5 Å². The third kappa shape index (κ3) is 6.56. The van der Waals surface area contributed by atoms with Crippen molar-refractivity contribution in [1.29, 1.82) is 0 Å². The number of benzene rings is 10. The van der Waals surface area contributed by atoms with E-state index in [0.29, 0.717) is 17.5 Å². The molecular weight excluding hydrogens is 859 g/mol. The molecule has 10 aromatic carbocycles. The van der Waals surface area contributed by atoms with E-state index in [1.54, 1.807) is 11.3 Å². The molecule has 5 nitrogen and oxygen atoms in total. The van der Waals surface area contributed by atoms with E-state index in [0.717, 1.165) is 55.7 Å². The van der Waals surface area contributed by atoms with Gasteiger partial charge in [-0.2, -0.15) is 0 Å². The van der Waals surface area contributed by atoms with Crippen molar-refractivity contribution in [2.75, 3.05) is 0 Å². The second kappa shape index (κ2) is 15.8. The minimum absolute atomic E-state index is 0.611. The largest absolute Gasteiger partial charge is 0.309 e. The van der Waals surface area contributed by atoms with E-state index in [2.05, 4.69) is 246 Å². The summed E-state index contributed by atoms with van der Waals surface area (Å²) < 4.78 is 7.19. The van der Waals surface area contributed by atoms with Crippen LogP contribution >= 0.6 is 11.3 Å². The van der Waals surface area contributed by atoms with E-state index < -0.39 is 0 Å². The van der Waals surface area contributed by atoms with Crippen LogP contribution in [0, 0.1) is 0 Å². The van der Waals surface area contributed by atoms with Crippen LogP contribution in [0.2, 0.25) is 0 Å². The summed E-state index contributed by atoms with van der Waals surface area (Å²) in [5, 5.41) is 7.36. The molecule has 0 aliphatic rings. The molecule has 0 spiro atoms. The molecule has 4 aromatic heterocycles. The molecule has 0 atom stereocenters. The van der Waals surface area contributed by atoms with Gasteiger partial charge in [-0.15, -0.1) is 11.3 Å². The minimum atomic E-state index is 0.611. The summed E-state index contributed by atoms with van der Waals surface area (Å²) in [5.74, 6) is 1.85. The van der Waals surface area contributed by atoms with Gasteiger partial charge in [0.25, 0.3) is 0 Å². The number of nitrogens with zero attached hydrogens (tertiary/aromatic N) is 5. The van der Waals surface area contributed by atoms with Crippen LogP contribution < -0.4 is 0 Å². The number of thiophene rings is 1. The molecule has 0 bridgehead atoms. The van der Waals surface area contributed by atoms with Crippen LogP contribution in [0.15, 0.2) is 237 Å². The Bertz CT molecular complexity index is 4320. The van der Waals surface area contributed by atoms with Crippen LogP contribution in [0.3, 0.4) is 0 Å². The van der Waals surface area contributed by atoms with Gasteiger partial charge in [-0.3, -0.25) is 0 Å². The first-order valence-electron chi connectivity index (χ1n) is 23.3. The highest BCUT2D eigenvalue weighted by molar-refractivity contribution is 7.25. The molecule has 0 radical (unpaired) electrons. The predicted molar refractivity (Wildman–Crippen MR) is 289 cm³/mol. The van der Waals surface area contributed by atoms with Crippen molar-refractivity contribution < 1.29 is 0 Å². The molecule has 0 aliphatic carbocycles. The Labute approximate surface area is 401 Å². The van der Waals surface area contributed by atoms with Crippen LogP contribution in [0.25, 0.3) is 132 Å². The van der Waals surface area contributed by atoms with Crippen molar-refractivity contribution in [2.24, 2.45) is 0 Å². The molecule has 6 heteroatoms. The zero-order valence-electron chi connectivity index (χ0n) is 37.2. The molecule has 0 saturated carbocycles. The van der Waals surface area contributed by atoms with Gasteiger partial charge in [0.15, 0.2) is 17.5 Å². The SMILES string of the molecule is c1ccc(-c2ccc3c(c2)c2ccccc2n3-c2cccc(-c3nc(-c4cccc(-c5ccc6c7ccccc7n(-c7ccccc7)c6c5)c4)nc(-c4ccc5c(c4)sc4ccccc45)n3)c2)cc1. The Morgan fingerprint density at radius 3 is 1.48 bits per heavy atom. The number of hydrogen-bond acceptors (Lipinski definition) is 4. The number of fused-ring (bicyclic) bond motifs is 9. The Morgan fingerprint density at radius 2 is 0.710 bits per heavy atom. The van der Waals surface area contributed by atoms with Crippen molar-refractivity contribution in [3.63, 3.8) is 0 Å². The summed E-state index contributed by atoms with van der Waals surface area (Å²) in [6, 6.07) is 84.6. The summed E-state index contributed by atoms with van der Waals surface area (Å²) in [7, 11) is 0. The Hall–Kier alpha value is -8.97. The monoisotopic (exact) mass is 897 g/mol. The van der Waals surface area contributed by atoms with Crippen LogP contribution in [0.1, 0.15) is 0 Å². The molecule has 0 fully saturated rings. The van der Waals surface area contributed by atoms with E-state index >= 15 is 0 Å². The van der Waals surface area contributed by atoms with Crippen LogP contribution in [-0.4, -0.2) is 24.1 Å². The molecule has 322 valence electrons. The molecule has 0 unspecified atom stereocenters.